The molecule has 2 saturated heterocycles. The van der Waals surface area contributed by atoms with Crippen LogP contribution in [0.2, 0.25) is 6.32 Å². The lowest BCUT2D eigenvalue weighted by atomic mass is 9.59. The highest BCUT2D eigenvalue weighted by molar-refractivity contribution is 6.43. The van der Waals surface area contributed by atoms with Gasteiger partial charge in [0.1, 0.15) is 5.75 Å². The number of aryl methyl sites for hydroxylation is 2. The Hall–Kier alpha value is -2.38. The predicted octanol–water partition coefficient (Wildman–Crippen LogP) is 4.81. The van der Waals surface area contributed by atoms with Crippen LogP contribution in [0.5, 0.6) is 5.75 Å². The van der Waals surface area contributed by atoms with E-state index in [9.17, 15) is 19.7 Å². The van der Waals surface area contributed by atoms with Crippen LogP contribution in [0.15, 0.2) is 28.9 Å². The Morgan fingerprint density at radius 3 is 2.46 bits per heavy atom. The molecule has 6 nitrogen and oxygen atoms in total. The van der Waals surface area contributed by atoms with Crippen LogP contribution in [0.4, 0.5) is 0 Å². The van der Waals surface area contributed by atoms with Gasteiger partial charge in [-0.15, -0.1) is 0 Å². The summed E-state index contributed by atoms with van der Waals surface area (Å²) in [6, 6.07) is 3.99. The molecule has 2 aliphatic heterocycles. The fourth-order valence-electron chi connectivity index (χ4n) is 6.41. The molecule has 4 atom stereocenters. The van der Waals surface area contributed by atoms with Gasteiger partial charge >= 0.3 is 7.12 Å². The molecule has 0 bridgehead atoms. The molecule has 2 N–H and O–H groups in total. The van der Waals surface area contributed by atoms with Crippen LogP contribution in [0.3, 0.4) is 0 Å². The standard InChI is InChI=1S/C28H38BNO5/c1-6-10-30-27(32)21-13-16(3)24-22(25(21)28(30)33)15-29(34)35-23(24)9-8-19(7-2)14-20-11-17(4)26(31)18(5)12-20/h11-12,14,21-23,25,31,34H,6-10,13,15H2,1-5H3/b19-14+/t21-,22+,23-,25-/m1/s1. The number of likely N-dealkylation sites (tertiary alicyclic amines) is 1. The Kier molecular flexibility index (Phi) is 7.58. The van der Waals surface area contributed by atoms with Crippen molar-refractivity contribution in [3.63, 3.8) is 0 Å². The van der Waals surface area contributed by atoms with Gasteiger partial charge in [0.2, 0.25) is 11.8 Å². The maximum atomic E-state index is 13.2. The zero-order chi connectivity index (χ0) is 25.4. The van der Waals surface area contributed by atoms with Gasteiger partial charge in [-0.05, 0) is 99.5 Å². The van der Waals surface area contributed by atoms with E-state index in [-0.39, 0.29) is 35.7 Å². The lowest BCUT2D eigenvalue weighted by Gasteiger charge is -2.42. The van der Waals surface area contributed by atoms with Gasteiger partial charge in [0.15, 0.2) is 0 Å². The van der Waals surface area contributed by atoms with Crippen LogP contribution in [0.25, 0.3) is 6.08 Å². The van der Waals surface area contributed by atoms with E-state index in [1.807, 2.05) is 32.9 Å². The predicted molar refractivity (Wildman–Crippen MR) is 138 cm³/mol. The number of benzene rings is 1. The van der Waals surface area contributed by atoms with Crippen molar-refractivity contribution in [1.29, 1.82) is 0 Å². The van der Waals surface area contributed by atoms with Crippen LogP contribution in [-0.2, 0) is 14.2 Å². The second kappa shape index (κ2) is 10.3. The monoisotopic (exact) mass is 479 g/mol. The first-order valence-corrected chi connectivity index (χ1v) is 13.0. The number of phenolic OH excluding ortho intramolecular Hbond substituents is 1. The molecule has 3 aliphatic rings. The SMILES string of the molecule is CCCN1C(=O)[C@@H]2[C@@H](CC(C)=C3[C@@H](CC/C(=C/c4cc(C)c(O)c(C)c4)CC)OB(O)C[C@@H]32)C1=O. The average Bonchev–Trinajstić information content (AvgIpc) is 3.04. The van der Waals surface area contributed by atoms with Crippen molar-refractivity contribution < 1.29 is 24.4 Å². The Morgan fingerprint density at radius 2 is 1.83 bits per heavy atom. The van der Waals surface area contributed by atoms with Crippen molar-refractivity contribution in [2.75, 3.05) is 6.54 Å². The molecule has 0 spiro atoms. The lowest BCUT2D eigenvalue weighted by Crippen LogP contribution is -2.46. The van der Waals surface area contributed by atoms with Crippen molar-refractivity contribution in [1.82, 2.24) is 4.90 Å². The summed E-state index contributed by atoms with van der Waals surface area (Å²) in [5.41, 5.74) is 6.32. The number of carbonyl (C=O) groups excluding carboxylic acids is 2. The molecule has 4 rings (SSSR count). The molecular weight excluding hydrogens is 441 g/mol. The fraction of sp³-hybridized carbons (Fsp3) is 0.571. The second-order valence-electron chi connectivity index (χ2n) is 10.5. The minimum absolute atomic E-state index is 0.0477. The smallest absolute Gasteiger partial charge is 0.455 e. The number of phenols is 1. The zero-order valence-electron chi connectivity index (χ0n) is 21.6. The second-order valence-corrected chi connectivity index (χ2v) is 10.5. The van der Waals surface area contributed by atoms with Crippen molar-refractivity contribution in [2.45, 2.75) is 79.1 Å². The van der Waals surface area contributed by atoms with E-state index in [1.165, 1.54) is 10.5 Å². The van der Waals surface area contributed by atoms with Gasteiger partial charge in [-0.25, -0.2) is 0 Å². The van der Waals surface area contributed by atoms with Crippen molar-refractivity contribution >= 4 is 25.0 Å². The van der Waals surface area contributed by atoms with Gasteiger partial charge < -0.3 is 14.8 Å². The van der Waals surface area contributed by atoms with E-state index in [4.69, 9.17) is 4.65 Å². The Balaban J connectivity index is 1.56. The number of rotatable bonds is 7. The fourth-order valence-corrected chi connectivity index (χ4v) is 6.41. The number of fused-ring (bicyclic) bond motifs is 3. The Morgan fingerprint density at radius 1 is 1.14 bits per heavy atom. The molecule has 0 saturated carbocycles. The van der Waals surface area contributed by atoms with Crippen LogP contribution in [0.1, 0.15) is 69.6 Å². The normalized spacial score (nSPS) is 27.0. The molecule has 2 amide bonds. The summed E-state index contributed by atoms with van der Waals surface area (Å²) in [4.78, 5) is 27.7. The highest BCUT2D eigenvalue weighted by Gasteiger charge is 2.56. The molecule has 0 aromatic heterocycles. The maximum absolute atomic E-state index is 13.2. The third kappa shape index (κ3) is 4.85. The van der Waals surface area contributed by atoms with E-state index in [0.29, 0.717) is 31.5 Å². The maximum Gasteiger partial charge on any atom is 0.455 e. The Labute approximate surface area is 209 Å². The largest absolute Gasteiger partial charge is 0.507 e. The van der Waals surface area contributed by atoms with Crippen molar-refractivity contribution in [2.24, 2.45) is 17.8 Å². The summed E-state index contributed by atoms with van der Waals surface area (Å²) in [6.07, 6.45) is 6.04. The number of carbonyl (C=O) groups is 2. The molecule has 2 fully saturated rings. The lowest BCUT2D eigenvalue weighted by molar-refractivity contribution is -0.140. The van der Waals surface area contributed by atoms with Crippen LogP contribution >= 0.6 is 0 Å². The van der Waals surface area contributed by atoms with Crippen LogP contribution in [0, 0.1) is 31.6 Å². The van der Waals surface area contributed by atoms with E-state index in [0.717, 1.165) is 47.1 Å². The summed E-state index contributed by atoms with van der Waals surface area (Å²) in [5.74, 6) is -0.604. The first-order valence-electron chi connectivity index (χ1n) is 13.0. The first kappa shape index (κ1) is 25.7. The topological polar surface area (TPSA) is 87.1 Å². The van der Waals surface area contributed by atoms with Gasteiger partial charge in [-0.2, -0.15) is 0 Å². The van der Waals surface area contributed by atoms with E-state index >= 15 is 0 Å². The van der Waals surface area contributed by atoms with Gasteiger partial charge in [-0.3, -0.25) is 14.5 Å². The van der Waals surface area contributed by atoms with E-state index in [2.05, 4.69) is 19.9 Å². The highest BCUT2D eigenvalue weighted by atomic mass is 16.5. The molecule has 0 radical (unpaired) electrons. The van der Waals surface area contributed by atoms with Crippen molar-refractivity contribution in [3.05, 3.63) is 45.5 Å². The number of nitrogens with zero attached hydrogens (tertiary/aromatic N) is 1. The van der Waals surface area contributed by atoms with Gasteiger partial charge in [0, 0.05) is 6.54 Å². The molecule has 35 heavy (non-hydrogen) atoms. The number of aromatic hydroxyl groups is 1. The van der Waals surface area contributed by atoms with E-state index in [1.54, 1.807) is 0 Å². The Bertz CT molecular complexity index is 1050. The third-order valence-electron chi connectivity index (χ3n) is 8.06. The number of allylic oxidation sites excluding steroid dienone is 2. The van der Waals surface area contributed by atoms with Crippen LogP contribution < -0.4 is 0 Å². The minimum Gasteiger partial charge on any atom is -0.507 e. The number of hydrogen-bond donors (Lipinski definition) is 2. The first-order chi connectivity index (χ1) is 16.7. The van der Waals surface area contributed by atoms with Gasteiger partial charge in [-0.1, -0.05) is 31.1 Å². The zero-order valence-corrected chi connectivity index (χ0v) is 21.6. The molecule has 7 heteroatoms. The number of hydrogen-bond acceptors (Lipinski definition) is 5. The molecule has 1 aromatic rings. The quantitative estimate of drug-likeness (QED) is 0.333. The minimum atomic E-state index is -0.931. The molecule has 2 heterocycles. The number of amides is 2. The van der Waals surface area contributed by atoms with Gasteiger partial charge in [0.25, 0.3) is 0 Å². The summed E-state index contributed by atoms with van der Waals surface area (Å²) >= 11 is 0. The summed E-state index contributed by atoms with van der Waals surface area (Å²) < 4.78 is 6.04. The third-order valence-corrected chi connectivity index (χ3v) is 8.06. The summed E-state index contributed by atoms with van der Waals surface area (Å²) in [6.45, 7) is 10.5. The molecule has 1 aromatic carbocycles. The summed E-state index contributed by atoms with van der Waals surface area (Å²) in [7, 11) is -0.931. The van der Waals surface area contributed by atoms with Gasteiger partial charge in [0.05, 0.1) is 17.9 Å². The van der Waals surface area contributed by atoms with Crippen LogP contribution in [-0.4, -0.2) is 46.6 Å². The highest BCUT2D eigenvalue weighted by Crippen LogP contribution is 2.50. The summed E-state index contributed by atoms with van der Waals surface area (Å²) in [5, 5.41) is 20.7. The molecular formula is C28H38BNO5. The van der Waals surface area contributed by atoms with E-state index < -0.39 is 7.12 Å². The molecule has 188 valence electrons. The molecule has 0 unspecified atom stereocenters. The average molecular weight is 479 g/mol. The molecule has 1 aliphatic carbocycles. The number of imide groups is 1. The van der Waals surface area contributed by atoms with Crippen molar-refractivity contribution in [3.8, 4) is 5.75 Å².